The fourth-order valence-corrected chi connectivity index (χ4v) is 3.63. The molecule has 0 aliphatic heterocycles. The van der Waals surface area contributed by atoms with Crippen molar-refractivity contribution in [3.8, 4) is 0 Å². The highest BCUT2D eigenvalue weighted by Gasteiger charge is 2.28. The predicted molar refractivity (Wildman–Crippen MR) is 51.6 cm³/mol. The Morgan fingerprint density at radius 3 is 1.64 bits per heavy atom. The van der Waals surface area contributed by atoms with Gasteiger partial charge in [0.1, 0.15) is 0 Å². The summed E-state index contributed by atoms with van der Waals surface area (Å²) in [5.41, 5.74) is 0.505. The van der Waals surface area contributed by atoms with Crippen LogP contribution in [0.25, 0.3) is 0 Å². The highest BCUT2D eigenvalue weighted by Crippen LogP contribution is 2.50. The molecule has 0 aliphatic carbocycles. The van der Waals surface area contributed by atoms with Gasteiger partial charge in [0, 0.05) is 11.3 Å². The minimum atomic E-state index is -2.11. The van der Waals surface area contributed by atoms with Gasteiger partial charge in [-0.15, -0.1) is 0 Å². The third kappa shape index (κ3) is 2.61. The Kier molecular flexibility index (Phi) is 4.35. The van der Waals surface area contributed by atoms with Gasteiger partial charge in [0.05, 0.1) is 0 Å². The first-order valence-corrected chi connectivity index (χ1v) is 6.14. The highest BCUT2D eigenvalue weighted by molar-refractivity contribution is 7.63. The fourth-order valence-electron chi connectivity index (χ4n) is 1.21. The third-order valence-corrected chi connectivity index (χ3v) is 5.82. The van der Waals surface area contributed by atoms with Gasteiger partial charge in [0.25, 0.3) is 0 Å². The van der Waals surface area contributed by atoms with E-state index in [4.69, 9.17) is 0 Å². The summed E-state index contributed by atoms with van der Waals surface area (Å²) in [5.74, 6) is 0. The van der Waals surface area contributed by atoms with Crippen LogP contribution in [0.15, 0.2) is 0 Å². The van der Waals surface area contributed by atoms with E-state index in [1.807, 2.05) is 34.6 Å². The van der Waals surface area contributed by atoms with Gasteiger partial charge in [-0.25, -0.2) is 0 Å². The van der Waals surface area contributed by atoms with Crippen LogP contribution < -0.4 is 5.09 Å². The zero-order valence-electron chi connectivity index (χ0n) is 8.22. The summed E-state index contributed by atoms with van der Waals surface area (Å²) in [5, 5.41) is 3.11. The zero-order chi connectivity index (χ0) is 9.07. The summed E-state index contributed by atoms with van der Waals surface area (Å²) in [6.45, 7) is 10.9. The van der Waals surface area contributed by atoms with E-state index >= 15 is 0 Å². The number of rotatable bonds is 4. The van der Waals surface area contributed by atoms with Gasteiger partial charge < -0.3 is 4.57 Å². The molecule has 0 rings (SSSR count). The van der Waals surface area contributed by atoms with Crippen molar-refractivity contribution in [2.75, 3.05) is 6.54 Å². The van der Waals surface area contributed by atoms with Crippen LogP contribution in [-0.4, -0.2) is 17.9 Å². The molecule has 0 aromatic carbocycles. The standard InChI is InChI=1S/C8H20NOP/c1-6-9-11(10,7(2)3)8(4)5/h7-8H,6H2,1-5H3,(H,9,10). The van der Waals surface area contributed by atoms with E-state index in [9.17, 15) is 4.57 Å². The van der Waals surface area contributed by atoms with Gasteiger partial charge in [-0.1, -0.05) is 34.6 Å². The molecule has 0 spiro atoms. The monoisotopic (exact) mass is 177 g/mol. The maximum absolute atomic E-state index is 12.1. The fraction of sp³-hybridized carbons (Fsp3) is 1.00. The maximum atomic E-state index is 12.1. The highest BCUT2D eigenvalue weighted by atomic mass is 31.2. The Bertz CT molecular complexity index is 142. The largest absolute Gasteiger partial charge is 0.306 e. The molecule has 0 atom stereocenters. The number of hydrogen-bond donors (Lipinski definition) is 1. The topological polar surface area (TPSA) is 29.1 Å². The predicted octanol–water partition coefficient (Wildman–Crippen LogP) is 2.69. The van der Waals surface area contributed by atoms with Crippen molar-refractivity contribution in [1.29, 1.82) is 0 Å². The Morgan fingerprint density at radius 1 is 1.18 bits per heavy atom. The minimum absolute atomic E-state index is 0.252. The molecule has 0 radical (unpaired) electrons. The molecule has 68 valence electrons. The van der Waals surface area contributed by atoms with Crippen LogP contribution in [-0.2, 0) is 4.57 Å². The van der Waals surface area contributed by atoms with Crippen LogP contribution in [0.5, 0.6) is 0 Å². The van der Waals surface area contributed by atoms with Gasteiger partial charge in [-0.2, -0.15) is 0 Å². The van der Waals surface area contributed by atoms with E-state index in [1.165, 1.54) is 0 Å². The number of nitrogens with one attached hydrogen (secondary N) is 1. The molecule has 0 fully saturated rings. The first kappa shape index (κ1) is 11.2. The molecule has 1 N–H and O–H groups in total. The van der Waals surface area contributed by atoms with Crippen molar-refractivity contribution in [2.24, 2.45) is 0 Å². The lowest BCUT2D eigenvalue weighted by Gasteiger charge is -2.26. The molecule has 2 nitrogen and oxygen atoms in total. The van der Waals surface area contributed by atoms with Crippen LogP contribution in [0.3, 0.4) is 0 Å². The van der Waals surface area contributed by atoms with Crippen molar-refractivity contribution < 1.29 is 4.57 Å². The van der Waals surface area contributed by atoms with Crippen molar-refractivity contribution in [3.63, 3.8) is 0 Å². The smallest absolute Gasteiger partial charge is 0.152 e. The quantitative estimate of drug-likeness (QED) is 0.669. The van der Waals surface area contributed by atoms with E-state index in [-0.39, 0.29) is 11.3 Å². The average molecular weight is 177 g/mol. The molecule has 3 heteroatoms. The van der Waals surface area contributed by atoms with Crippen LogP contribution in [0.4, 0.5) is 0 Å². The van der Waals surface area contributed by atoms with Gasteiger partial charge >= 0.3 is 0 Å². The van der Waals surface area contributed by atoms with E-state index in [0.29, 0.717) is 0 Å². The second-order valence-electron chi connectivity index (χ2n) is 3.41. The molecular formula is C8H20NOP. The molecule has 0 aromatic heterocycles. The second-order valence-corrected chi connectivity index (χ2v) is 7.21. The molecule has 0 unspecified atom stereocenters. The summed E-state index contributed by atoms with van der Waals surface area (Å²) >= 11 is 0. The zero-order valence-corrected chi connectivity index (χ0v) is 9.11. The normalized spacial score (nSPS) is 13.0. The molecule has 0 saturated heterocycles. The molecule has 0 saturated carbocycles. The van der Waals surface area contributed by atoms with Crippen molar-refractivity contribution in [1.82, 2.24) is 5.09 Å². The van der Waals surface area contributed by atoms with E-state index < -0.39 is 7.29 Å². The molecule has 0 aromatic rings. The Labute approximate surface area is 70.2 Å². The van der Waals surface area contributed by atoms with Crippen molar-refractivity contribution >= 4 is 7.29 Å². The van der Waals surface area contributed by atoms with Crippen LogP contribution >= 0.6 is 7.29 Å². The average Bonchev–Trinajstić information content (AvgIpc) is 1.87. The summed E-state index contributed by atoms with van der Waals surface area (Å²) in [6.07, 6.45) is 0. The first-order valence-electron chi connectivity index (χ1n) is 4.29. The lowest BCUT2D eigenvalue weighted by atomic mass is 10.5. The van der Waals surface area contributed by atoms with Crippen LogP contribution in [0.2, 0.25) is 0 Å². The Morgan fingerprint density at radius 2 is 1.55 bits per heavy atom. The summed E-state index contributed by atoms with van der Waals surface area (Å²) in [4.78, 5) is 0. The summed E-state index contributed by atoms with van der Waals surface area (Å²) in [7, 11) is -2.11. The molecule has 0 heterocycles. The van der Waals surface area contributed by atoms with Crippen LogP contribution in [0.1, 0.15) is 34.6 Å². The van der Waals surface area contributed by atoms with Crippen LogP contribution in [0, 0.1) is 0 Å². The van der Waals surface area contributed by atoms with Crippen molar-refractivity contribution in [3.05, 3.63) is 0 Å². The lowest BCUT2D eigenvalue weighted by Crippen LogP contribution is -2.22. The molecule has 0 bridgehead atoms. The number of hydrogen-bond acceptors (Lipinski definition) is 1. The van der Waals surface area contributed by atoms with E-state index in [1.54, 1.807) is 0 Å². The first-order chi connectivity index (χ1) is 4.95. The van der Waals surface area contributed by atoms with Gasteiger partial charge in [0.2, 0.25) is 0 Å². The Hall–Kier alpha value is 0.190. The summed E-state index contributed by atoms with van der Waals surface area (Å²) in [6, 6.07) is 0. The third-order valence-electron chi connectivity index (χ3n) is 1.94. The molecule has 0 aliphatic rings. The van der Waals surface area contributed by atoms with Gasteiger partial charge in [0.15, 0.2) is 7.29 Å². The molecule has 0 amide bonds. The SMILES string of the molecule is CCNP(=O)(C(C)C)C(C)C. The van der Waals surface area contributed by atoms with E-state index in [2.05, 4.69) is 5.09 Å². The minimum Gasteiger partial charge on any atom is -0.306 e. The lowest BCUT2D eigenvalue weighted by molar-refractivity contribution is 0.551. The molecule has 11 heavy (non-hydrogen) atoms. The van der Waals surface area contributed by atoms with Gasteiger partial charge in [-0.3, -0.25) is 5.09 Å². The van der Waals surface area contributed by atoms with Gasteiger partial charge in [-0.05, 0) is 6.54 Å². The van der Waals surface area contributed by atoms with E-state index in [0.717, 1.165) is 6.54 Å². The summed E-state index contributed by atoms with van der Waals surface area (Å²) < 4.78 is 12.1. The molecular weight excluding hydrogens is 157 g/mol. The van der Waals surface area contributed by atoms with Crippen molar-refractivity contribution in [2.45, 2.75) is 45.9 Å². The second kappa shape index (κ2) is 4.27. The Balaban J connectivity index is 4.40. The maximum Gasteiger partial charge on any atom is 0.152 e.